The molecule has 3 aromatic carbocycles. The van der Waals surface area contributed by atoms with Gasteiger partial charge in [-0.15, -0.1) is 0 Å². The van der Waals surface area contributed by atoms with Crippen molar-refractivity contribution in [3.05, 3.63) is 82.9 Å². The molecule has 0 radical (unpaired) electrons. The fraction of sp³-hybridized carbons (Fsp3) is 0.500. The maximum Gasteiger partial charge on any atom is 0.343 e. The molecule has 5 heteroatoms. The van der Waals surface area contributed by atoms with Gasteiger partial charge in [0.05, 0.1) is 32.0 Å². The predicted molar refractivity (Wildman–Crippen MR) is 172 cm³/mol. The normalized spacial score (nSPS) is 16.3. The van der Waals surface area contributed by atoms with Crippen LogP contribution in [0.3, 0.4) is 0 Å². The maximum atomic E-state index is 13.0. The minimum atomic E-state index is -0.338. The van der Waals surface area contributed by atoms with E-state index in [0.29, 0.717) is 17.9 Å². The van der Waals surface area contributed by atoms with Gasteiger partial charge in [-0.2, -0.15) is 0 Å². The van der Waals surface area contributed by atoms with Crippen LogP contribution in [0.1, 0.15) is 105 Å². The van der Waals surface area contributed by atoms with Crippen LogP contribution in [0.2, 0.25) is 0 Å². The van der Waals surface area contributed by atoms with E-state index in [1.807, 2.05) is 24.3 Å². The molecule has 5 rings (SSSR count). The molecule has 1 fully saturated rings. The SMILES string of the molecule is CCCCCc1ccc2c(c1)C(C)c1cc(C(=O)Oc3ccc(OCCCCCCOCC4(CC)COC4)cc3)ccc1-2. The molecule has 0 bridgehead atoms. The van der Waals surface area contributed by atoms with Crippen LogP contribution in [0.15, 0.2) is 60.7 Å². The topological polar surface area (TPSA) is 54.0 Å². The summed E-state index contributed by atoms with van der Waals surface area (Å²) in [5.41, 5.74) is 7.31. The lowest BCUT2D eigenvalue weighted by Crippen LogP contribution is -2.45. The first-order valence-electron chi connectivity index (χ1n) is 16.4. The van der Waals surface area contributed by atoms with Crippen molar-refractivity contribution < 1.29 is 23.7 Å². The molecule has 5 nitrogen and oxygen atoms in total. The molecule has 2 aliphatic rings. The Labute approximate surface area is 257 Å². The van der Waals surface area contributed by atoms with Gasteiger partial charge in [0.15, 0.2) is 0 Å². The first-order chi connectivity index (χ1) is 21.0. The lowest BCUT2D eigenvalue weighted by atomic mass is 9.84. The number of unbranched alkanes of at least 4 members (excludes halogenated alkanes) is 5. The van der Waals surface area contributed by atoms with Crippen LogP contribution in [0, 0.1) is 5.41 Å². The molecule has 43 heavy (non-hydrogen) atoms. The molecule has 0 N–H and O–H groups in total. The van der Waals surface area contributed by atoms with Gasteiger partial charge >= 0.3 is 5.97 Å². The van der Waals surface area contributed by atoms with Crippen molar-refractivity contribution in [1.82, 2.24) is 0 Å². The number of fused-ring (bicyclic) bond motifs is 3. The second-order valence-electron chi connectivity index (χ2n) is 12.4. The molecule has 0 spiro atoms. The third kappa shape index (κ3) is 7.87. The molecule has 1 saturated heterocycles. The third-order valence-electron chi connectivity index (χ3n) is 9.16. The van der Waals surface area contributed by atoms with E-state index in [0.717, 1.165) is 70.7 Å². The molecule has 1 unspecified atom stereocenters. The van der Waals surface area contributed by atoms with E-state index in [9.17, 15) is 4.79 Å². The van der Waals surface area contributed by atoms with Crippen LogP contribution >= 0.6 is 0 Å². The number of carbonyl (C=O) groups is 1. The van der Waals surface area contributed by atoms with Crippen LogP contribution < -0.4 is 9.47 Å². The van der Waals surface area contributed by atoms with Gasteiger partial charge in [-0.3, -0.25) is 0 Å². The van der Waals surface area contributed by atoms with Gasteiger partial charge in [0.25, 0.3) is 0 Å². The van der Waals surface area contributed by atoms with Crippen LogP contribution in [-0.2, 0) is 15.9 Å². The summed E-state index contributed by atoms with van der Waals surface area (Å²) in [6, 6.07) is 20.2. The molecule has 230 valence electrons. The number of esters is 1. The Morgan fingerprint density at radius 3 is 2.21 bits per heavy atom. The Hall–Kier alpha value is -3.15. The summed E-state index contributed by atoms with van der Waals surface area (Å²) < 4.78 is 22.9. The molecular formula is C38H48O5. The molecule has 1 atom stereocenters. The zero-order chi connectivity index (χ0) is 30.1. The van der Waals surface area contributed by atoms with Crippen molar-refractivity contribution in [1.29, 1.82) is 0 Å². The molecule has 1 heterocycles. The molecule has 1 aliphatic carbocycles. The monoisotopic (exact) mass is 584 g/mol. The van der Waals surface area contributed by atoms with Crippen LogP contribution in [-0.4, -0.2) is 39.0 Å². The number of carbonyl (C=O) groups excluding carboxylic acids is 1. The predicted octanol–water partition coefficient (Wildman–Crippen LogP) is 9.15. The molecule has 0 aromatic heterocycles. The minimum Gasteiger partial charge on any atom is -0.494 e. The zero-order valence-corrected chi connectivity index (χ0v) is 26.3. The van der Waals surface area contributed by atoms with Gasteiger partial charge in [-0.1, -0.05) is 64.3 Å². The van der Waals surface area contributed by atoms with E-state index >= 15 is 0 Å². The molecule has 0 amide bonds. The van der Waals surface area contributed by atoms with Crippen molar-refractivity contribution in [2.45, 2.75) is 84.5 Å². The fourth-order valence-electron chi connectivity index (χ4n) is 6.10. The van der Waals surface area contributed by atoms with Crippen molar-refractivity contribution in [3.63, 3.8) is 0 Å². The minimum absolute atomic E-state index is 0.259. The Kier molecular flexibility index (Phi) is 10.9. The van der Waals surface area contributed by atoms with Gasteiger partial charge in [0, 0.05) is 17.9 Å². The second kappa shape index (κ2) is 15.0. The van der Waals surface area contributed by atoms with E-state index < -0.39 is 0 Å². The average Bonchev–Trinajstić information content (AvgIpc) is 3.28. The number of hydrogen-bond acceptors (Lipinski definition) is 5. The van der Waals surface area contributed by atoms with Gasteiger partial charge in [0.2, 0.25) is 0 Å². The lowest BCUT2D eigenvalue weighted by Gasteiger charge is -2.40. The highest BCUT2D eigenvalue weighted by atomic mass is 16.5. The number of aryl methyl sites for hydroxylation is 1. The van der Waals surface area contributed by atoms with Gasteiger partial charge in [-0.25, -0.2) is 4.79 Å². The van der Waals surface area contributed by atoms with Crippen molar-refractivity contribution in [3.8, 4) is 22.6 Å². The van der Waals surface area contributed by atoms with Crippen LogP contribution in [0.5, 0.6) is 11.5 Å². The summed E-state index contributed by atoms with van der Waals surface area (Å²) in [5.74, 6) is 1.22. The van der Waals surface area contributed by atoms with E-state index in [1.54, 1.807) is 12.1 Å². The van der Waals surface area contributed by atoms with Crippen LogP contribution in [0.25, 0.3) is 11.1 Å². The van der Waals surface area contributed by atoms with Gasteiger partial charge in [-0.05, 0) is 103 Å². The number of rotatable bonds is 17. The Bertz CT molecular complexity index is 1340. The summed E-state index contributed by atoms with van der Waals surface area (Å²) in [7, 11) is 0. The Morgan fingerprint density at radius 1 is 0.814 bits per heavy atom. The molecule has 1 aliphatic heterocycles. The highest BCUT2D eigenvalue weighted by Gasteiger charge is 2.36. The third-order valence-corrected chi connectivity index (χ3v) is 9.16. The summed E-state index contributed by atoms with van der Waals surface area (Å²) in [6.45, 7) is 10.7. The van der Waals surface area contributed by atoms with Gasteiger partial charge in [0.1, 0.15) is 11.5 Å². The molecule has 3 aromatic rings. The molecule has 0 saturated carbocycles. The Balaban J connectivity index is 1.03. The number of benzene rings is 3. The Morgan fingerprint density at radius 2 is 1.51 bits per heavy atom. The highest BCUT2D eigenvalue weighted by Crippen LogP contribution is 2.45. The van der Waals surface area contributed by atoms with Crippen LogP contribution in [0.4, 0.5) is 0 Å². The van der Waals surface area contributed by atoms with E-state index in [4.69, 9.17) is 18.9 Å². The summed E-state index contributed by atoms with van der Waals surface area (Å²) >= 11 is 0. The number of ether oxygens (including phenoxy) is 4. The maximum absolute atomic E-state index is 13.0. The standard InChI is InChI=1S/C38H48O5/c1-4-6-9-12-29-13-19-33-34-20-14-30(24-36(34)28(3)35(33)23-29)37(39)43-32-17-15-31(16-18-32)42-22-11-8-7-10-21-40-25-38(5-2)26-41-27-38/h13-20,23-24,28H,4-12,21-22,25-27H2,1-3H3. The highest BCUT2D eigenvalue weighted by molar-refractivity contribution is 5.93. The fourth-order valence-corrected chi connectivity index (χ4v) is 6.10. The largest absolute Gasteiger partial charge is 0.494 e. The van der Waals surface area contributed by atoms with Crippen molar-refractivity contribution in [2.24, 2.45) is 5.41 Å². The quantitative estimate of drug-likeness (QED) is 0.0900. The smallest absolute Gasteiger partial charge is 0.343 e. The summed E-state index contributed by atoms with van der Waals surface area (Å²) in [5, 5.41) is 0. The van der Waals surface area contributed by atoms with Crippen molar-refractivity contribution in [2.75, 3.05) is 33.0 Å². The van der Waals surface area contributed by atoms with E-state index in [-0.39, 0.29) is 17.3 Å². The van der Waals surface area contributed by atoms with E-state index in [2.05, 4.69) is 45.0 Å². The number of hydrogen-bond donors (Lipinski definition) is 0. The summed E-state index contributed by atoms with van der Waals surface area (Å²) in [4.78, 5) is 13.0. The average molecular weight is 585 g/mol. The van der Waals surface area contributed by atoms with E-state index in [1.165, 1.54) is 47.1 Å². The van der Waals surface area contributed by atoms with Crippen molar-refractivity contribution >= 4 is 5.97 Å². The zero-order valence-electron chi connectivity index (χ0n) is 26.3. The van der Waals surface area contributed by atoms with Gasteiger partial charge < -0.3 is 18.9 Å². The first-order valence-corrected chi connectivity index (χ1v) is 16.4. The molecular weight excluding hydrogens is 536 g/mol. The lowest BCUT2D eigenvalue weighted by molar-refractivity contribution is -0.150. The first kappa shape index (κ1) is 31.3. The summed E-state index contributed by atoms with van der Waals surface area (Å²) in [6.07, 6.45) is 10.3. The second-order valence-corrected chi connectivity index (χ2v) is 12.4.